The lowest BCUT2D eigenvalue weighted by atomic mass is 9.67. The largest absolute Gasteiger partial charge is 0.464 e. The van der Waals surface area contributed by atoms with Crippen molar-refractivity contribution in [3.05, 3.63) is 46.9 Å². The van der Waals surface area contributed by atoms with Crippen molar-refractivity contribution in [2.24, 2.45) is 16.3 Å². The second-order valence-electron chi connectivity index (χ2n) is 8.43. The Morgan fingerprint density at radius 2 is 1.97 bits per heavy atom. The lowest BCUT2D eigenvalue weighted by Gasteiger charge is -2.39. The van der Waals surface area contributed by atoms with Crippen LogP contribution in [0.5, 0.6) is 0 Å². The Bertz CT molecular complexity index is 857. The normalized spacial score (nSPS) is 23.5. The van der Waals surface area contributed by atoms with Gasteiger partial charge in [-0.2, -0.15) is 11.8 Å². The summed E-state index contributed by atoms with van der Waals surface area (Å²) in [6.45, 7) is 8.30. The second kappa shape index (κ2) is 8.82. The molecule has 0 spiro atoms. The Labute approximate surface area is 176 Å². The third-order valence-corrected chi connectivity index (χ3v) is 6.32. The van der Waals surface area contributed by atoms with E-state index in [1.54, 1.807) is 23.9 Å². The van der Waals surface area contributed by atoms with Gasteiger partial charge in [-0.25, -0.2) is 4.39 Å². The average Bonchev–Trinajstić information content (AvgIpc) is 2.63. The standard InChI is InChI=1S/C23H28FNO3S/c1-5-29-11-10-28-22(27)19-14(2)25-17-12-23(3,4)13-18(26)21(17)20(19)15-6-8-16(24)9-7-15/h6-9,19-20H,5,10-13H2,1-4H3/t19?,20-/m0/s1. The third-order valence-electron chi connectivity index (χ3n) is 5.46. The summed E-state index contributed by atoms with van der Waals surface area (Å²) in [6, 6.07) is 6.05. The van der Waals surface area contributed by atoms with Gasteiger partial charge in [0, 0.05) is 35.1 Å². The van der Waals surface area contributed by atoms with E-state index in [-0.39, 0.29) is 23.0 Å². The maximum atomic E-state index is 13.5. The molecule has 6 heteroatoms. The number of hydrogen-bond donors (Lipinski definition) is 0. The Kier molecular flexibility index (Phi) is 6.62. The van der Waals surface area contributed by atoms with Gasteiger partial charge < -0.3 is 4.74 Å². The van der Waals surface area contributed by atoms with Crippen molar-refractivity contribution < 1.29 is 18.7 Å². The molecule has 0 amide bonds. The van der Waals surface area contributed by atoms with Gasteiger partial charge in [0.25, 0.3) is 0 Å². The number of carbonyl (C=O) groups is 2. The minimum Gasteiger partial charge on any atom is -0.464 e. The first-order valence-electron chi connectivity index (χ1n) is 10.0. The second-order valence-corrected chi connectivity index (χ2v) is 9.82. The Balaban J connectivity index is 2.01. The van der Waals surface area contributed by atoms with Crippen LogP contribution in [-0.4, -0.2) is 35.6 Å². The molecule has 1 aliphatic carbocycles. The van der Waals surface area contributed by atoms with Gasteiger partial charge in [0.2, 0.25) is 0 Å². The monoisotopic (exact) mass is 417 g/mol. The molecule has 0 radical (unpaired) electrons. The first kappa shape index (κ1) is 21.8. The highest BCUT2D eigenvalue weighted by atomic mass is 32.2. The fourth-order valence-electron chi connectivity index (χ4n) is 4.22. The number of esters is 1. The quantitative estimate of drug-likeness (QED) is 0.486. The lowest BCUT2D eigenvalue weighted by molar-refractivity contribution is -0.145. The van der Waals surface area contributed by atoms with Crippen molar-refractivity contribution in [2.45, 2.75) is 46.5 Å². The predicted molar refractivity (Wildman–Crippen MR) is 115 cm³/mol. The zero-order chi connectivity index (χ0) is 21.2. The van der Waals surface area contributed by atoms with Crippen LogP contribution in [0.1, 0.15) is 52.0 Å². The number of rotatable bonds is 6. The van der Waals surface area contributed by atoms with E-state index in [1.807, 2.05) is 6.92 Å². The van der Waals surface area contributed by atoms with E-state index in [2.05, 4.69) is 25.8 Å². The molecule has 2 atom stereocenters. The summed E-state index contributed by atoms with van der Waals surface area (Å²) in [5.74, 6) is -0.180. The number of aliphatic imine (C=N–C) groups is 1. The molecule has 4 nitrogen and oxygen atoms in total. The molecule has 0 fully saturated rings. The first-order chi connectivity index (χ1) is 13.7. The molecule has 29 heavy (non-hydrogen) atoms. The number of carbonyl (C=O) groups excluding carboxylic acids is 2. The summed E-state index contributed by atoms with van der Waals surface area (Å²) in [5, 5.41) is 0. The van der Waals surface area contributed by atoms with Crippen LogP contribution in [0.25, 0.3) is 0 Å². The number of benzene rings is 1. The van der Waals surface area contributed by atoms with Crippen LogP contribution in [0.2, 0.25) is 0 Å². The van der Waals surface area contributed by atoms with Gasteiger partial charge in [-0.3, -0.25) is 14.6 Å². The molecule has 0 saturated carbocycles. The van der Waals surface area contributed by atoms with E-state index in [0.29, 0.717) is 30.7 Å². The Morgan fingerprint density at radius 3 is 2.62 bits per heavy atom. The van der Waals surface area contributed by atoms with Crippen molar-refractivity contribution >= 4 is 29.2 Å². The van der Waals surface area contributed by atoms with Crippen LogP contribution in [0.4, 0.5) is 4.39 Å². The number of Topliss-reactive ketones (excluding diaryl/α,β-unsaturated/α-hetero) is 1. The molecule has 0 saturated heterocycles. The highest BCUT2D eigenvalue weighted by Crippen LogP contribution is 2.47. The summed E-state index contributed by atoms with van der Waals surface area (Å²) < 4.78 is 19.1. The summed E-state index contributed by atoms with van der Waals surface area (Å²) in [5.41, 5.74) is 2.57. The molecule has 3 rings (SSSR count). The fourth-order valence-corrected chi connectivity index (χ4v) is 4.71. The minimum atomic E-state index is -0.670. The first-order valence-corrected chi connectivity index (χ1v) is 11.2. The van der Waals surface area contributed by atoms with Crippen molar-refractivity contribution in [2.75, 3.05) is 18.1 Å². The summed E-state index contributed by atoms with van der Waals surface area (Å²) in [7, 11) is 0. The maximum absolute atomic E-state index is 13.5. The number of thioether (sulfide) groups is 1. The number of halogens is 1. The number of ketones is 1. The van der Waals surface area contributed by atoms with Crippen molar-refractivity contribution in [1.82, 2.24) is 0 Å². The molecule has 1 unspecified atom stereocenters. The molecule has 0 aromatic heterocycles. The Hall–Kier alpha value is -1.95. The molecular formula is C23H28FNO3S. The van der Waals surface area contributed by atoms with Crippen LogP contribution < -0.4 is 0 Å². The topological polar surface area (TPSA) is 55.7 Å². The van der Waals surface area contributed by atoms with Crippen molar-refractivity contribution in [3.63, 3.8) is 0 Å². The van der Waals surface area contributed by atoms with Crippen LogP contribution in [0.3, 0.4) is 0 Å². The van der Waals surface area contributed by atoms with Gasteiger partial charge in [0.15, 0.2) is 5.78 Å². The molecule has 0 N–H and O–H groups in total. The van der Waals surface area contributed by atoms with Crippen molar-refractivity contribution in [1.29, 1.82) is 0 Å². The van der Waals surface area contributed by atoms with Gasteiger partial charge in [-0.15, -0.1) is 0 Å². The van der Waals surface area contributed by atoms with Gasteiger partial charge in [0.05, 0.1) is 0 Å². The van der Waals surface area contributed by atoms with Crippen LogP contribution in [-0.2, 0) is 14.3 Å². The maximum Gasteiger partial charge on any atom is 0.315 e. The van der Waals surface area contributed by atoms with Crippen LogP contribution >= 0.6 is 11.8 Å². The zero-order valence-electron chi connectivity index (χ0n) is 17.5. The smallest absolute Gasteiger partial charge is 0.315 e. The van der Waals surface area contributed by atoms with E-state index in [0.717, 1.165) is 22.8 Å². The predicted octanol–water partition coefficient (Wildman–Crippen LogP) is 4.94. The number of ether oxygens (including phenoxy) is 1. The SMILES string of the molecule is CCSCCOC(=O)C1C(C)=NC2=C(C(=O)CC(C)(C)C2)[C@H]1c1ccc(F)cc1. The fraction of sp³-hybridized carbons (Fsp3) is 0.522. The average molecular weight is 418 g/mol. The number of nitrogens with zero attached hydrogens (tertiary/aromatic N) is 1. The molecule has 1 aromatic carbocycles. The molecular weight excluding hydrogens is 389 g/mol. The molecule has 1 heterocycles. The van der Waals surface area contributed by atoms with Crippen molar-refractivity contribution in [3.8, 4) is 0 Å². The molecule has 0 bridgehead atoms. The van der Waals surface area contributed by atoms with E-state index in [9.17, 15) is 14.0 Å². The molecule has 156 valence electrons. The molecule has 2 aliphatic rings. The van der Waals surface area contributed by atoms with Gasteiger partial charge in [0.1, 0.15) is 18.3 Å². The van der Waals surface area contributed by atoms with E-state index in [1.165, 1.54) is 12.1 Å². The highest BCUT2D eigenvalue weighted by molar-refractivity contribution is 7.99. The summed E-state index contributed by atoms with van der Waals surface area (Å²) >= 11 is 1.70. The zero-order valence-corrected chi connectivity index (χ0v) is 18.3. The minimum absolute atomic E-state index is 0.0150. The van der Waals surface area contributed by atoms with E-state index in [4.69, 9.17) is 4.74 Å². The Morgan fingerprint density at radius 1 is 1.28 bits per heavy atom. The van der Waals surface area contributed by atoms with Gasteiger partial charge in [-0.05, 0) is 42.2 Å². The van der Waals surface area contributed by atoms with Crippen LogP contribution in [0, 0.1) is 17.2 Å². The highest BCUT2D eigenvalue weighted by Gasteiger charge is 2.45. The molecule has 1 aliphatic heterocycles. The lowest BCUT2D eigenvalue weighted by Crippen LogP contribution is -2.39. The third kappa shape index (κ3) is 4.80. The number of hydrogen-bond acceptors (Lipinski definition) is 5. The van der Waals surface area contributed by atoms with E-state index >= 15 is 0 Å². The van der Waals surface area contributed by atoms with Gasteiger partial charge in [-0.1, -0.05) is 32.9 Å². The van der Waals surface area contributed by atoms with E-state index < -0.39 is 11.8 Å². The van der Waals surface area contributed by atoms with Crippen LogP contribution in [0.15, 0.2) is 40.5 Å². The number of allylic oxidation sites excluding steroid dienone is 2. The molecule has 1 aromatic rings. The summed E-state index contributed by atoms with van der Waals surface area (Å²) in [4.78, 5) is 30.8. The van der Waals surface area contributed by atoms with Gasteiger partial charge >= 0.3 is 5.97 Å². The summed E-state index contributed by atoms with van der Waals surface area (Å²) in [6.07, 6.45) is 1.09.